The number of hydrogen-bond acceptors (Lipinski definition) is 16. The quantitative estimate of drug-likeness (QED) is 0.0584. The predicted molar refractivity (Wildman–Crippen MR) is 291 cm³/mol. The monoisotopic (exact) mass is 1230 g/mol. The summed E-state index contributed by atoms with van der Waals surface area (Å²) in [5, 5.41) is 11.0. The van der Waals surface area contributed by atoms with Gasteiger partial charge < -0.3 is 5.11 Å². The molecule has 0 aromatic carbocycles. The molecule has 9 rings (SSSR count). The van der Waals surface area contributed by atoms with Gasteiger partial charge in [-0.1, -0.05) is 79.2 Å². The van der Waals surface area contributed by atoms with E-state index in [1.54, 1.807) is 0 Å². The first-order valence-electron chi connectivity index (χ1n) is 28.9. The van der Waals surface area contributed by atoms with Crippen molar-refractivity contribution in [2.24, 2.45) is 110 Å². The first-order chi connectivity index (χ1) is 36.6. The molecule has 80 heavy (non-hydrogen) atoms. The van der Waals surface area contributed by atoms with Crippen molar-refractivity contribution < 1.29 is 90.9 Å². The minimum atomic E-state index is -5.15. The summed E-state index contributed by atoms with van der Waals surface area (Å²) in [6, 6.07) is 0. The molecule has 8 fully saturated rings. The third kappa shape index (κ3) is 12.4. The van der Waals surface area contributed by atoms with Crippen LogP contribution in [0.25, 0.3) is 0 Å². The van der Waals surface area contributed by atoms with Gasteiger partial charge >= 0.3 is 52.0 Å². The Morgan fingerprint density at radius 3 is 1.44 bits per heavy atom. The van der Waals surface area contributed by atoms with Gasteiger partial charge in [-0.15, -0.1) is 0 Å². The molecule has 0 spiro atoms. The number of aliphatic hydroxyl groups is 1. The molecule has 24 unspecified atom stereocenters. The highest BCUT2D eigenvalue weighted by Gasteiger charge is 2.67. The lowest BCUT2D eigenvalue weighted by atomic mass is 9.43. The van der Waals surface area contributed by atoms with Crippen LogP contribution >= 0.6 is 0 Å². The van der Waals surface area contributed by atoms with Crippen molar-refractivity contribution in [2.75, 3.05) is 0 Å². The van der Waals surface area contributed by atoms with Gasteiger partial charge in [-0.05, 0) is 220 Å². The van der Waals surface area contributed by atoms with Crippen LogP contribution in [0.15, 0.2) is 23.8 Å². The first kappa shape index (κ1) is 63.3. The molecule has 26 heteroatoms. The topological polar surface area (TPSA) is 338 Å². The molecule has 0 amide bonds. The molecule has 0 aromatic rings. The summed E-state index contributed by atoms with van der Waals surface area (Å²) < 4.78 is 196. The van der Waals surface area contributed by atoms with Gasteiger partial charge in [0.15, 0.2) is 0 Å². The second kappa shape index (κ2) is 21.6. The highest BCUT2D eigenvalue weighted by atomic mass is 32.3. The lowest BCUT2D eigenvalue weighted by Crippen LogP contribution is -2.62. The molecule has 0 aromatic heterocycles. The van der Waals surface area contributed by atoms with E-state index in [9.17, 15) is 70.0 Å². The second-order valence-corrected chi connectivity index (χ2v) is 33.5. The Labute approximate surface area is 475 Å². The van der Waals surface area contributed by atoms with Gasteiger partial charge in [-0.3, -0.25) is 22.8 Å². The summed E-state index contributed by atoms with van der Waals surface area (Å²) in [6.45, 7) is 20.0. The summed E-state index contributed by atoms with van der Waals surface area (Å²) >= 11 is 0. The van der Waals surface area contributed by atoms with Crippen LogP contribution in [0.3, 0.4) is 0 Å². The standard InChI is InChI=1S/C54H88O21S5/c1-29(35-14-16-39-34-23-46(72-77(59,60)61)43-25-47(73-78(62,63)64)49(75-80(68,69)70)28-54(43,9)41(34)19-21-51(35,39)6)10-12-32-31(3)26-50(4,5)37(32)13-11-30(2)36-15-17-38-33-22-45(71-76(56,57)58)42-24-44(55)48(74-79(65,66)67)27-53(42,8)40(33)18-20-52(36,38)7/h11,13,26,29-30,32-49,55H,10,12,14-25,27-28H2,1-9H3,(H,56,57,58)(H,59,60,61)(H,62,63,64)(H,65,66,67)(H,68,69,70)/b13-11+. The fraction of sp³-hybridized carbons (Fsp3) is 0.926. The summed E-state index contributed by atoms with van der Waals surface area (Å²) in [5.41, 5.74) is -0.655. The van der Waals surface area contributed by atoms with E-state index in [4.69, 9.17) is 20.9 Å². The third-order valence-corrected chi connectivity index (χ3v) is 26.5. The third-order valence-electron chi connectivity index (χ3n) is 24.0. The Balaban J connectivity index is 0.888. The van der Waals surface area contributed by atoms with Crippen molar-refractivity contribution in [1.29, 1.82) is 0 Å². The minimum absolute atomic E-state index is 0.00923. The SMILES string of the molecule is CC1=CC(C)(C)C(/C=C/C(C)C2CCC3C4CC(OS(=O)(=O)O)C5CC(O)C(OS(=O)(=O)O)CC5(C)C4CCC23C)C1CCC(C)C1CCC2C3CC(OS(=O)(=O)O)C4CC(OS(=O)(=O)O)C(OS(=O)(=O)O)CC4(C)C3CCC12C. The van der Waals surface area contributed by atoms with Gasteiger partial charge in [0.05, 0.1) is 18.3 Å². The molecule has 8 saturated carbocycles. The van der Waals surface area contributed by atoms with Gasteiger partial charge in [0.2, 0.25) is 0 Å². The molecule has 0 heterocycles. The van der Waals surface area contributed by atoms with Crippen molar-refractivity contribution in [3.8, 4) is 0 Å². The van der Waals surface area contributed by atoms with Gasteiger partial charge in [0.1, 0.15) is 18.3 Å². The fourth-order valence-corrected chi connectivity index (χ4v) is 23.7. The molecule has 6 N–H and O–H groups in total. The van der Waals surface area contributed by atoms with Crippen molar-refractivity contribution in [1.82, 2.24) is 0 Å². The number of rotatable bonds is 17. The molecule has 9 aliphatic carbocycles. The van der Waals surface area contributed by atoms with E-state index in [0.29, 0.717) is 36.5 Å². The molecule has 0 bridgehead atoms. The largest absolute Gasteiger partial charge is 0.397 e. The van der Waals surface area contributed by atoms with Crippen LogP contribution in [-0.2, 0) is 72.9 Å². The van der Waals surface area contributed by atoms with Crippen molar-refractivity contribution in [2.45, 2.75) is 202 Å². The summed E-state index contributed by atoms with van der Waals surface area (Å²) in [6.07, 6.45) is 8.56. The Morgan fingerprint density at radius 2 is 0.938 bits per heavy atom. The lowest BCUT2D eigenvalue weighted by Gasteiger charge is -2.63. The van der Waals surface area contributed by atoms with E-state index >= 15 is 0 Å². The molecular formula is C54H88O21S5. The van der Waals surface area contributed by atoms with E-state index in [2.05, 4.69) is 66.7 Å². The van der Waals surface area contributed by atoms with E-state index in [1.807, 2.05) is 13.8 Å². The first-order valence-corrected chi connectivity index (χ1v) is 35.7. The molecule has 24 atom stereocenters. The molecule has 0 saturated heterocycles. The molecule has 0 aliphatic heterocycles. The van der Waals surface area contributed by atoms with Crippen molar-refractivity contribution in [3.63, 3.8) is 0 Å². The molecule has 21 nitrogen and oxygen atoms in total. The van der Waals surface area contributed by atoms with E-state index < -0.39 is 111 Å². The summed E-state index contributed by atoms with van der Waals surface area (Å²) in [4.78, 5) is 0. The average Bonchev–Trinajstić information content (AvgIpc) is 4.07. The Bertz CT molecular complexity index is 2990. The Morgan fingerprint density at radius 1 is 0.525 bits per heavy atom. The van der Waals surface area contributed by atoms with E-state index in [0.717, 1.165) is 57.8 Å². The van der Waals surface area contributed by atoms with Crippen molar-refractivity contribution >= 4 is 52.0 Å². The smallest absolute Gasteiger partial charge is 0.390 e. The second-order valence-electron chi connectivity index (χ2n) is 28.3. The summed E-state index contributed by atoms with van der Waals surface area (Å²) in [7, 11) is -25.1. The van der Waals surface area contributed by atoms with Gasteiger partial charge in [0.25, 0.3) is 0 Å². The zero-order valence-electron chi connectivity index (χ0n) is 47.4. The Kier molecular flexibility index (Phi) is 17.1. The number of allylic oxidation sites excluding steroid dienone is 4. The highest BCUT2D eigenvalue weighted by Crippen LogP contribution is 2.71. The predicted octanol–water partition coefficient (Wildman–Crippen LogP) is 8.87. The number of fused-ring (bicyclic) bond motifs is 10. The number of aliphatic hydroxyl groups excluding tert-OH is 1. The van der Waals surface area contributed by atoms with Crippen LogP contribution in [0.4, 0.5) is 0 Å². The molecule has 0 radical (unpaired) electrons. The van der Waals surface area contributed by atoms with Crippen LogP contribution < -0.4 is 0 Å². The van der Waals surface area contributed by atoms with Crippen LogP contribution in [0, 0.1) is 110 Å². The average molecular weight is 1230 g/mol. The number of hydrogen-bond donors (Lipinski definition) is 6. The maximum atomic E-state index is 12.4. The molecule has 9 aliphatic rings. The van der Waals surface area contributed by atoms with Crippen molar-refractivity contribution in [3.05, 3.63) is 23.8 Å². The maximum absolute atomic E-state index is 12.4. The van der Waals surface area contributed by atoms with Gasteiger partial charge in [-0.25, -0.2) is 20.9 Å². The summed E-state index contributed by atoms with van der Waals surface area (Å²) in [5.74, 6) is 0.525. The lowest BCUT2D eigenvalue weighted by molar-refractivity contribution is -0.186. The molecular weight excluding hydrogens is 1140 g/mol. The molecule has 460 valence electrons. The Hall–Kier alpha value is -1.21. The normalized spacial score (nSPS) is 46.6. The van der Waals surface area contributed by atoms with Gasteiger partial charge in [-0.2, -0.15) is 42.1 Å². The fourth-order valence-electron chi connectivity index (χ4n) is 21.2. The van der Waals surface area contributed by atoms with Crippen LogP contribution in [-0.4, -0.2) is 107 Å². The van der Waals surface area contributed by atoms with E-state index in [-0.39, 0.29) is 95.7 Å². The maximum Gasteiger partial charge on any atom is 0.397 e. The van der Waals surface area contributed by atoms with Crippen LogP contribution in [0.2, 0.25) is 0 Å². The van der Waals surface area contributed by atoms with E-state index in [1.165, 1.54) is 5.57 Å². The highest BCUT2D eigenvalue weighted by molar-refractivity contribution is 7.81. The minimum Gasteiger partial charge on any atom is -0.390 e. The van der Waals surface area contributed by atoms with Gasteiger partial charge in [0, 0.05) is 0 Å². The van der Waals surface area contributed by atoms with Crippen LogP contribution in [0.5, 0.6) is 0 Å². The zero-order valence-corrected chi connectivity index (χ0v) is 51.5. The zero-order chi connectivity index (χ0) is 59.1. The van der Waals surface area contributed by atoms with Crippen LogP contribution in [0.1, 0.15) is 165 Å².